The highest BCUT2D eigenvalue weighted by Crippen LogP contribution is 2.43. The number of nitrogens with one attached hydrogen (secondary N) is 1. The maximum absolute atomic E-state index is 12.4. The molecule has 3 aromatic heterocycles. The van der Waals surface area contributed by atoms with Gasteiger partial charge in [0.2, 0.25) is 11.6 Å². The van der Waals surface area contributed by atoms with Gasteiger partial charge in [-0.25, -0.2) is 9.50 Å². The number of hydrogen-bond donors (Lipinski definition) is 1. The molecule has 2 aliphatic heterocycles. The van der Waals surface area contributed by atoms with Gasteiger partial charge in [-0.2, -0.15) is 22.5 Å². The average Bonchev–Trinajstić information content (AvgIpc) is 3.31. The van der Waals surface area contributed by atoms with E-state index in [1.807, 2.05) is 6.92 Å². The van der Waals surface area contributed by atoms with Gasteiger partial charge in [0.1, 0.15) is 5.00 Å². The topological polar surface area (TPSA) is 80.5 Å². The summed E-state index contributed by atoms with van der Waals surface area (Å²) in [6.45, 7) is 3.40. The molecule has 5 heterocycles. The summed E-state index contributed by atoms with van der Waals surface area (Å²) in [4.78, 5) is 10.8. The van der Waals surface area contributed by atoms with Crippen molar-refractivity contribution in [2.45, 2.75) is 32.0 Å². The molecule has 1 N–H and O–H groups in total. The lowest BCUT2D eigenvalue weighted by Gasteiger charge is -2.53. The van der Waals surface area contributed by atoms with Gasteiger partial charge in [0.25, 0.3) is 5.88 Å². The molecule has 0 radical (unpaired) electrons. The highest BCUT2D eigenvalue weighted by Gasteiger charge is 2.47. The van der Waals surface area contributed by atoms with Crippen molar-refractivity contribution in [3.8, 4) is 5.88 Å². The van der Waals surface area contributed by atoms with Gasteiger partial charge in [-0.05, 0) is 42.8 Å². The van der Waals surface area contributed by atoms with Crippen molar-refractivity contribution in [3.05, 3.63) is 24.2 Å². The van der Waals surface area contributed by atoms with E-state index >= 15 is 0 Å². The molecule has 30 heavy (non-hydrogen) atoms. The third-order valence-corrected chi connectivity index (χ3v) is 6.54. The Hall–Kier alpha value is -2.63. The Bertz CT molecular complexity index is 1040. The summed E-state index contributed by atoms with van der Waals surface area (Å²) in [7, 11) is 0. The van der Waals surface area contributed by atoms with Gasteiger partial charge < -0.3 is 15.0 Å². The van der Waals surface area contributed by atoms with Crippen LogP contribution in [0.4, 0.5) is 24.1 Å². The number of fused-ring (bicyclic) bond motifs is 3. The number of aromatic nitrogens is 5. The zero-order chi connectivity index (χ0) is 20.9. The van der Waals surface area contributed by atoms with E-state index in [1.54, 1.807) is 6.20 Å². The van der Waals surface area contributed by atoms with Crippen LogP contribution in [0.3, 0.4) is 0 Å². The predicted octanol–water partition coefficient (Wildman–Crippen LogP) is 3.16. The van der Waals surface area contributed by atoms with Crippen molar-refractivity contribution in [1.82, 2.24) is 24.0 Å². The van der Waals surface area contributed by atoms with Gasteiger partial charge in [-0.1, -0.05) is 0 Å². The zero-order valence-corrected chi connectivity index (χ0v) is 16.9. The van der Waals surface area contributed by atoms with Crippen molar-refractivity contribution in [3.63, 3.8) is 0 Å². The minimum atomic E-state index is -4.28. The summed E-state index contributed by atoms with van der Waals surface area (Å²) in [6, 6.07) is 2.39. The smallest absolute Gasteiger partial charge is 0.392 e. The minimum absolute atomic E-state index is 0.0443. The molecule has 160 valence electrons. The van der Waals surface area contributed by atoms with Gasteiger partial charge in [-0.3, -0.25) is 0 Å². The summed E-state index contributed by atoms with van der Waals surface area (Å²) >= 11 is 1.53. The molecule has 3 fully saturated rings. The summed E-state index contributed by atoms with van der Waals surface area (Å²) in [6.07, 6.45) is -1.14. The fraction of sp³-hybridized carbons (Fsp3) is 0.556. The van der Waals surface area contributed by atoms with Crippen LogP contribution in [0.15, 0.2) is 18.5 Å². The summed E-state index contributed by atoms with van der Waals surface area (Å²) in [5.74, 6) is 1.45. The Morgan fingerprint density at radius 3 is 2.80 bits per heavy atom. The van der Waals surface area contributed by atoms with Crippen LogP contribution in [0.1, 0.15) is 18.5 Å². The van der Waals surface area contributed by atoms with E-state index in [0.29, 0.717) is 23.4 Å². The van der Waals surface area contributed by atoms with Crippen LogP contribution in [0.25, 0.3) is 5.65 Å². The maximum atomic E-state index is 12.4. The molecule has 3 aliphatic rings. The second-order valence-electron chi connectivity index (χ2n) is 7.79. The van der Waals surface area contributed by atoms with E-state index < -0.39 is 19.2 Å². The number of piperidine rings is 2. The van der Waals surface area contributed by atoms with Crippen molar-refractivity contribution in [2.75, 3.05) is 29.9 Å². The largest absolute Gasteiger partial charge is 0.475 e. The van der Waals surface area contributed by atoms with Crippen molar-refractivity contribution in [1.29, 1.82) is 0 Å². The first kappa shape index (κ1) is 19.3. The van der Waals surface area contributed by atoms with E-state index in [-0.39, 0.29) is 11.9 Å². The molecular formula is C18H20F3N7OS. The van der Waals surface area contributed by atoms with Gasteiger partial charge in [0.05, 0.1) is 18.7 Å². The molecule has 2 unspecified atom stereocenters. The molecule has 2 saturated heterocycles. The lowest BCUT2D eigenvalue weighted by atomic mass is 9.66. The highest BCUT2D eigenvalue weighted by molar-refractivity contribution is 7.10. The van der Waals surface area contributed by atoms with Crippen LogP contribution in [-0.4, -0.2) is 55.9 Å². The van der Waals surface area contributed by atoms with Gasteiger partial charge in [0.15, 0.2) is 0 Å². The van der Waals surface area contributed by atoms with Crippen molar-refractivity contribution in [2.24, 2.45) is 11.8 Å². The lowest BCUT2D eigenvalue weighted by Crippen LogP contribution is -2.61. The van der Waals surface area contributed by atoms with Crippen LogP contribution in [0, 0.1) is 18.8 Å². The van der Waals surface area contributed by atoms with Gasteiger partial charge in [0, 0.05) is 31.5 Å². The number of rotatable bonds is 6. The van der Waals surface area contributed by atoms with Crippen molar-refractivity contribution >= 4 is 28.1 Å². The van der Waals surface area contributed by atoms with Crippen LogP contribution in [0.5, 0.6) is 5.88 Å². The SMILES string of the molecule is Cc1cc(N2CC3C[C@@H](C2)C3Nc2nc3c(OCCC(F)(F)F)nccn3n2)sn1. The van der Waals surface area contributed by atoms with Crippen LogP contribution in [-0.2, 0) is 0 Å². The Balaban J connectivity index is 1.25. The number of ether oxygens (including phenoxy) is 1. The van der Waals surface area contributed by atoms with Crippen LogP contribution < -0.4 is 15.0 Å². The van der Waals surface area contributed by atoms with Gasteiger partial charge >= 0.3 is 6.18 Å². The molecule has 1 saturated carbocycles. The number of aryl methyl sites for hydroxylation is 1. The highest BCUT2D eigenvalue weighted by atomic mass is 32.1. The number of anilines is 2. The number of alkyl halides is 3. The second-order valence-corrected chi connectivity index (χ2v) is 8.57. The summed E-state index contributed by atoms with van der Waals surface area (Å²) in [5, 5.41) is 9.01. The molecule has 2 bridgehead atoms. The second kappa shape index (κ2) is 7.25. The van der Waals surface area contributed by atoms with E-state index in [9.17, 15) is 13.2 Å². The number of nitrogens with zero attached hydrogens (tertiary/aromatic N) is 6. The van der Waals surface area contributed by atoms with Crippen molar-refractivity contribution < 1.29 is 17.9 Å². The van der Waals surface area contributed by atoms with E-state index in [1.165, 1.54) is 27.2 Å². The first-order valence-electron chi connectivity index (χ1n) is 9.71. The molecule has 3 aromatic rings. The first-order chi connectivity index (χ1) is 14.4. The van der Waals surface area contributed by atoms with Crippen LogP contribution in [0.2, 0.25) is 0 Å². The molecular weight excluding hydrogens is 419 g/mol. The molecule has 12 heteroatoms. The van der Waals surface area contributed by atoms with E-state index in [2.05, 4.69) is 35.7 Å². The predicted molar refractivity (Wildman–Crippen MR) is 105 cm³/mol. The fourth-order valence-corrected chi connectivity index (χ4v) is 4.95. The van der Waals surface area contributed by atoms with Gasteiger partial charge in [-0.15, -0.1) is 5.10 Å². The molecule has 6 rings (SSSR count). The Labute approximate surface area is 174 Å². The normalized spacial score (nSPS) is 23.5. The average molecular weight is 439 g/mol. The van der Waals surface area contributed by atoms with Crippen LogP contribution >= 0.6 is 11.5 Å². The summed E-state index contributed by atoms with van der Waals surface area (Å²) in [5.41, 5.74) is 1.34. The maximum Gasteiger partial charge on any atom is 0.392 e. The Kier molecular flexibility index (Phi) is 4.68. The van der Waals surface area contributed by atoms with E-state index in [4.69, 9.17) is 4.74 Å². The minimum Gasteiger partial charge on any atom is -0.475 e. The monoisotopic (exact) mass is 439 g/mol. The molecule has 0 amide bonds. The first-order valence-corrected chi connectivity index (χ1v) is 10.5. The lowest BCUT2D eigenvalue weighted by molar-refractivity contribution is -0.139. The standard InChI is InChI=1S/C18H20F3N7OS/c1-10-6-13(30-26-10)27-8-11-7-12(9-27)14(11)23-17-24-15-16(22-3-4-28(15)25-17)29-5-2-18(19,20)21/h3-4,6,11-12,14H,2,5,7-9H2,1H3,(H,23,25)/t11-,12?,14?/m0/s1. The molecule has 1 aliphatic carbocycles. The Morgan fingerprint density at radius 1 is 1.30 bits per heavy atom. The zero-order valence-electron chi connectivity index (χ0n) is 16.1. The molecule has 0 aromatic carbocycles. The quantitative estimate of drug-likeness (QED) is 0.632. The fourth-order valence-electron chi connectivity index (χ4n) is 4.17. The molecule has 0 spiro atoms. The number of hydrogen-bond acceptors (Lipinski definition) is 8. The number of halogens is 3. The van der Waals surface area contributed by atoms with E-state index in [0.717, 1.165) is 25.2 Å². The Morgan fingerprint density at radius 2 is 2.10 bits per heavy atom. The third kappa shape index (κ3) is 3.75. The molecule has 8 nitrogen and oxygen atoms in total. The molecule has 3 atom stereocenters. The summed E-state index contributed by atoms with van der Waals surface area (Å²) < 4.78 is 48.1. The third-order valence-electron chi connectivity index (χ3n) is 5.60.